The van der Waals surface area contributed by atoms with Gasteiger partial charge in [0, 0.05) is 17.3 Å². The molecular formula is C22H25N4O2S+. The van der Waals surface area contributed by atoms with Crippen molar-refractivity contribution in [3.8, 4) is 17.0 Å². The molecule has 1 aliphatic heterocycles. The van der Waals surface area contributed by atoms with Crippen LogP contribution in [-0.2, 0) is 0 Å². The van der Waals surface area contributed by atoms with Gasteiger partial charge in [-0.2, -0.15) is 0 Å². The summed E-state index contributed by atoms with van der Waals surface area (Å²) in [6, 6.07) is 17.3. The highest BCUT2D eigenvalue weighted by Gasteiger charge is 2.25. The molecule has 1 fully saturated rings. The van der Waals surface area contributed by atoms with Gasteiger partial charge in [0.25, 0.3) is 5.91 Å². The van der Waals surface area contributed by atoms with Crippen LogP contribution in [0, 0.1) is 0 Å². The van der Waals surface area contributed by atoms with Gasteiger partial charge in [-0.1, -0.05) is 47.7 Å². The fraction of sp³-hybridized carbons (Fsp3) is 0.273. The minimum Gasteiger partial charge on any atom is -0.497 e. The number of amides is 1. The van der Waals surface area contributed by atoms with E-state index in [1.807, 2.05) is 54.6 Å². The summed E-state index contributed by atoms with van der Waals surface area (Å²) in [5.74, 6) is 0.552. The number of aromatic nitrogens is 1. The molecule has 150 valence electrons. The molecule has 1 aliphatic rings. The van der Waals surface area contributed by atoms with Crippen molar-refractivity contribution in [2.45, 2.75) is 0 Å². The number of hydrogen-bond donors (Lipinski definition) is 2. The summed E-state index contributed by atoms with van der Waals surface area (Å²) in [5, 5.41) is 3.90. The van der Waals surface area contributed by atoms with E-state index in [-0.39, 0.29) is 5.91 Å². The Bertz CT molecular complexity index is 981. The van der Waals surface area contributed by atoms with E-state index in [1.54, 1.807) is 7.11 Å². The molecule has 0 bridgehead atoms. The minimum absolute atomic E-state index is 0.152. The highest BCUT2D eigenvalue weighted by atomic mass is 32.1. The summed E-state index contributed by atoms with van der Waals surface area (Å²) in [6.45, 7) is 4.05. The summed E-state index contributed by atoms with van der Waals surface area (Å²) in [4.78, 5) is 22.5. The van der Waals surface area contributed by atoms with Crippen LogP contribution >= 0.6 is 11.3 Å². The van der Waals surface area contributed by atoms with Gasteiger partial charge in [-0.15, -0.1) is 0 Å². The maximum Gasteiger partial charge on any atom is 0.268 e. The number of methoxy groups -OCH3 is 1. The summed E-state index contributed by atoms with van der Waals surface area (Å²) in [6.07, 6.45) is 0. The summed E-state index contributed by atoms with van der Waals surface area (Å²) in [7, 11) is 3.82. The van der Waals surface area contributed by atoms with Gasteiger partial charge in [-0.05, 0) is 12.1 Å². The predicted octanol–water partition coefficient (Wildman–Crippen LogP) is 2.41. The van der Waals surface area contributed by atoms with Crippen molar-refractivity contribution in [2.75, 3.05) is 50.6 Å². The molecule has 0 saturated carbocycles. The Labute approximate surface area is 174 Å². The Morgan fingerprint density at radius 2 is 1.90 bits per heavy atom. The van der Waals surface area contributed by atoms with Gasteiger partial charge in [-0.25, -0.2) is 4.98 Å². The van der Waals surface area contributed by atoms with E-state index in [4.69, 9.17) is 9.72 Å². The quantitative estimate of drug-likeness (QED) is 0.680. The molecule has 0 aliphatic carbocycles. The largest absolute Gasteiger partial charge is 0.497 e. The number of likely N-dealkylation sites (N-methyl/N-ethyl adjacent to an activating group) is 1. The molecule has 0 atom stereocenters. The molecule has 1 saturated heterocycles. The van der Waals surface area contributed by atoms with E-state index in [2.05, 4.69) is 17.3 Å². The van der Waals surface area contributed by atoms with Gasteiger partial charge in [0.1, 0.15) is 10.6 Å². The second-order valence-corrected chi connectivity index (χ2v) is 8.15. The van der Waals surface area contributed by atoms with E-state index in [9.17, 15) is 4.79 Å². The molecule has 2 N–H and O–H groups in total. The predicted molar refractivity (Wildman–Crippen MR) is 117 cm³/mol. The number of nitrogens with zero attached hydrogens (tertiary/aromatic N) is 2. The number of nitrogens with one attached hydrogen (secondary N) is 2. The number of thiazole rings is 1. The molecule has 0 unspecified atom stereocenters. The zero-order valence-corrected chi connectivity index (χ0v) is 17.5. The lowest BCUT2D eigenvalue weighted by Crippen LogP contribution is -3.12. The van der Waals surface area contributed by atoms with Crippen molar-refractivity contribution < 1.29 is 14.4 Å². The average Bonchev–Trinajstić information content (AvgIpc) is 3.21. The maximum atomic E-state index is 13.2. The zero-order chi connectivity index (χ0) is 20.2. The molecule has 2 heterocycles. The molecule has 4 rings (SSSR count). The summed E-state index contributed by atoms with van der Waals surface area (Å²) >= 11 is 1.46. The lowest BCUT2D eigenvalue weighted by molar-refractivity contribution is -0.880. The van der Waals surface area contributed by atoms with Crippen LogP contribution in [0.3, 0.4) is 0 Å². The number of hydrogen-bond acceptors (Lipinski definition) is 5. The van der Waals surface area contributed by atoms with Gasteiger partial charge in [0.05, 0.1) is 46.0 Å². The third kappa shape index (κ3) is 4.41. The lowest BCUT2D eigenvalue weighted by Gasteiger charge is -2.29. The van der Waals surface area contributed by atoms with Crippen molar-refractivity contribution in [3.05, 3.63) is 59.5 Å². The molecule has 0 spiro atoms. The Morgan fingerprint density at radius 1 is 1.14 bits per heavy atom. The molecule has 1 amide bonds. The Hall–Kier alpha value is -2.90. The number of benzene rings is 2. The highest BCUT2D eigenvalue weighted by molar-refractivity contribution is 7.18. The van der Waals surface area contributed by atoms with Gasteiger partial charge >= 0.3 is 0 Å². The molecular weight excluding hydrogens is 384 g/mol. The number of piperazine rings is 1. The first-order valence-electron chi connectivity index (χ1n) is 9.72. The first-order valence-corrected chi connectivity index (χ1v) is 10.5. The van der Waals surface area contributed by atoms with Crippen LogP contribution in [0.25, 0.3) is 11.3 Å². The van der Waals surface area contributed by atoms with Crippen LogP contribution in [0.15, 0.2) is 54.6 Å². The topological polar surface area (TPSA) is 58.9 Å². The maximum absolute atomic E-state index is 13.2. The molecule has 2 aromatic carbocycles. The van der Waals surface area contributed by atoms with Crippen molar-refractivity contribution in [1.29, 1.82) is 0 Å². The SMILES string of the molecule is COc1cccc(NC(=O)c2sc(N3CC[NH+](C)CC3)nc2-c2ccccc2)c1. The first-order chi connectivity index (χ1) is 14.1. The number of ether oxygens (including phenoxy) is 1. The number of rotatable bonds is 5. The van der Waals surface area contributed by atoms with E-state index < -0.39 is 0 Å². The van der Waals surface area contributed by atoms with Crippen LogP contribution in [0.5, 0.6) is 5.75 Å². The standard InChI is InChI=1S/C22H24N4O2S/c1-25-11-13-26(14-12-25)22-24-19(16-7-4-3-5-8-16)20(29-22)21(27)23-17-9-6-10-18(15-17)28-2/h3-10,15H,11-14H2,1-2H3,(H,23,27)/p+1. The van der Waals surface area contributed by atoms with Crippen molar-refractivity contribution in [2.24, 2.45) is 0 Å². The molecule has 6 nitrogen and oxygen atoms in total. The minimum atomic E-state index is -0.152. The smallest absolute Gasteiger partial charge is 0.268 e. The van der Waals surface area contributed by atoms with E-state index in [0.717, 1.165) is 42.6 Å². The zero-order valence-electron chi connectivity index (χ0n) is 16.6. The second kappa shape index (κ2) is 8.63. The number of carbonyl (C=O) groups is 1. The van der Waals surface area contributed by atoms with Gasteiger partial charge < -0.3 is 19.9 Å². The Morgan fingerprint density at radius 3 is 2.62 bits per heavy atom. The number of carbonyl (C=O) groups excluding carboxylic acids is 1. The average molecular weight is 410 g/mol. The Balaban J connectivity index is 1.65. The summed E-state index contributed by atoms with van der Waals surface area (Å²) < 4.78 is 5.26. The normalized spacial score (nSPS) is 14.6. The second-order valence-electron chi connectivity index (χ2n) is 7.17. The van der Waals surface area contributed by atoms with Crippen molar-refractivity contribution in [3.63, 3.8) is 0 Å². The third-order valence-corrected chi connectivity index (χ3v) is 6.20. The monoisotopic (exact) mass is 409 g/mol. The van der Waals surface area contributed by atoms with Crippen LogP contribution in [-0.4, -0.2) is 51.2 Å². The Kier molecular flexibility index (Phi) is 5.78. The fourth-order valence-corrected chi connectivity index (χ4v) is 4.39. The fourth-order valence-electron chi connectivity index (χ4n) is 3.36. The first kappa shape index (κ1) is 19.4. The third-order valence-electron chi connectivity index (χ3n) is 5.08. The van der Waals surface area contributed by atoms with Gasteiger partial charge in [-0.3, -0.25) is 4.79 Å². The molecule has 0 radical (unpaired) electrons. The number of anilines is 2. The van der Waals surface area contributed by atoms with Crippen molar-refractivity contribution >= 4 is 28.1 Å². The van der Waals surface area contributed by atoms with E-state index in [0.29, 0.717) is 16.3 Å². The molecule has 3 aromatic rings. The highest BCUT2D eigenvalue weighted by Crippen LogP contribution is 2.34. The molecule has 1 aromatic heterocycles. The summed E-state index contributed by atoms with van der Waals surface area (Å²) in [5.41, 5.74) is 2.38. The van der Waals surface area contributed by atoms with Crippen molar-refractivity contribution in [1.82, 2.24) is 4.98 Å². The van der Waals surface area contributed by atoms with E-state index >= 15 is 0 Å². The van der Waals surface area contributed by atoms with Crippen LogP contribution in [0.1, 0.15) is 9.67 Å². The lowest BCUT2D eigenvalue weighted by atomic mass is 10.1. The number of quaternary nitrogens is 1. The van der Waals surface area contributed by atoms with Crippen LogP contribution in [0.2, 0.25) is 0 Å². The molecule has 29 heavy (non-hydrogen) atoms. The van der Waals surface area contributed by atoms with E-state index in [1.165, 1.54) is 16.2 Å². The van der Waals surface area contributed by atoms with Gasteiger partial charge in [0.2, 0.25) is 0 Å². The molecule has 7 heteroatoms. The van der Waals surface area contributed by atoms with Crippen LogP contribution in [0.4, 0.5) is 10.8 Å². The van der Waals surface area contributed by atoms with Crippen LogP contribution < -0.4 is 19.9 Å². The van der Waals surface area contributed by atoms with Gasteiger partial charge in [0.15, 0.2) is 5.13 Å².